The van der Waals surface area contributed by atoms with Crippen molar-refractivity contribution in [3.8, 4) is 0 Å². The minimum absolute atomic E-state index is 0.0300. The summed E-state index contributed by atoms with van der Waals surface area (Å²) in [6.45, 7) is 4.53. The number of amides is 1. The molecule has 0 spiro atoms. The van der Waals surface area contributed by atoms with Crippen molar-refractivity contribution in [1.29, 1.82) is 0 Å². The summed E-state index contributed by atoms with van der Waals surface area (Å²) in [4.78, 5) is 42.3. The third kappa shape index (κ3) is 3.68. The topological polar surface area (TPSA) is 103 Å². The van der Waals surface area contributed by atoms with Crippen molar-refractivity contribution in [3.05, 3.63) is 27.4 Å². The number of nitrogens with zero attached hydrogens (tertiary/aromatic N) is 2. The van der Waals surface area contributed by atoms with Gasteiger partial charge in [0.2, 0.25) is 5.91 Å². The Kier molecular flexibility index (Phi) is 4.40. The van der Waals surface area contributed by atoms with Gasteiger partial charge < -0.3 is 15.0 Å². The molecular weight excluding hydrogens is 274 g/mol. The molecule has 2 rings (SSSR count). The van der Waals surface area contributed by atoms with Crippen molar-refractivity contribution < 1.29 is 14.7 Å². The second kappa shape index (κ2) is 6.07. The van der Waals surface area contributed by atoms with Gasteiger partial charge in [-0.2, -0.15) is 4.98 Å². The zero-order valence-corrected chi connectivity index (χ0v) is 12.2. The first kappa shape index (κ1) is 15.2. The zero-order chi connectivity index (χ0) is 15.6. The molecule has 1 aliphatic rings. The zero-order valence-electron chi connectivity index (χ0n) is 12.2. The monoisotopic (exact) mass is 293 g/mol. The molecule has 2 N–H and O–H groups in total. The maximum Gasteiger partial charge on any atom is 0.345 e. The fourth-order valence-corrected chi connectivity index (χ4v) is 2.75. The summed E-state index contributed by atoms with van der Waals surface area (Å²) in [6.07, 6.45) is 1.00. The van der Waals surface area contributed by atoms with Gasteiger partial charge in [-0.25, -0.2) is 4.79 Å². The Hall–Kier alpha value is -2.18. The number of nitrogens with one attached hydrogen (secondary N) is 1. The van der Waals surface area contributed by atoms with Gasteiger partial charge in [-0.15, -0.1) is 0 Å². The Morgan fingerprint density at radius 3 is 2.76 bits per heavy atom. The maximum absolute atomic E-state index is 12.3. The molecule has 0 aliphatic carbocycles. The van der Waals surface area contributed by atoms with Gasteiger partial charge in [-0.3, -0.25) is 9.59 Å². The van der Waals surface area contributed by atoms with Gasteiger partial charge in [0.25, 0.3) is 0 Å². The van der Waals surface area contributed by atoms with E-state index in [9.17, 15) is 14.4 Å². The van der Waals surface area contributed by atoms with Crippen LogP contribution < -0.4 is 5.69 Å². The predicted octanol–water partition coefficient (Wildman–Crippen LogP) is 0.252. The van der Waals surface area contributed by atoms with Crippen LogP contribution in [-0.4, -0.2) is 44.9 Å². The molecule has 0 aromatic carbocycles. The molecule has 7 nitrogen and oxygen atoms in total. The van der Waals surface area contributed by atoms with Crippen molar-refractivity contribution >= 4 is 11.9 Å². The summed E-state index contributed by atoms with van der Waals surface area (Å²) in [5, 5.41) is 8.79. The number of carboxylic acids is 1. The van der Waals surface area contributed by atoms with Crippen LogP contribution in [0.3, 0.4) is 0 Å². The highest BCUT2D eigenvalue weighted by atomic mass is 16.4. The van der Waals surface area contributed by atoms with Gasteiger partial charge in [0.15, 0.2) is 0 Å². The van der Waals surface area contributed by atoms with Crippen LogP contribution >= 0.6 is 0 Å². The fourth-order valence-electron chi connectivity index (χ4n) is 2.75. The second-order valence-electron chi connectivity index (χ2n) is 5.50. The first-order chi connectivity index (χ1) is 9.86. The molecule has 0 bridgehead atoms. The van der Waals surface area contributed by atoms with E-state index in [2.05, 4.69) is 9.97 Å². The highest BCUT2D eigenvalue weighted by Crippen LogP contribution is 2.21. The number of aliphatic carboxylic acids is 1. The smallest absolute Gasteiger partial charge is 0.345 e. The standard InChI is InChI=1S/C14H19N3O4/c1-8-11(9(2)16-14(21)15-8)6-12(18)17-4-3-10(7-17)5-13(19)20/h10H,3-7H2,1-2H3,(H,19,20)(H,15,16,21). The second-order valence-corrected chi connectivity index (χ2v) is 5.50. The van der Waals surface area contributed by atoms with Crippen LogP contribution in [0, 0.1) is 19.8 Å². The molecule has 1 saturated heterocycles. The first-order valence-corrected chi connectivity index (χ1v) is 6.92. The third-order valence-electron chi connectivity index (χ3n) is 3.88. The number of hydrogen-bond donors (Lipinski definition) is 2. The van der Waals surface area contributed by atoms with Crippen LogP contribution in [0.5, 0.6) is 0 Å². The minimum Gasteiger partial charge on any atom is -0.481 e. The molecule has 1 unspecified atom stereocenters. The van der Waals surface area contributed by atoms with Crippen LogP contribution in [0.2, 0.25) is 0 Å². The van der Waals surface area contributed by atoms with E-state index >= 15 is 0 Å². The number of H-pyrrole nitrogens is 1. The van der Waals surface area contributed by atoms with Gasteiger partial charge in [0.05, 0.1) is 6.42 Å². The van der Waals surface area contributed by atoms with E-state index < -0.39 is 11.7 Å². The Bertz CT molecular complexity index is 597. The van der Waals surface area contributed by atoms with Crippen LogP contribution in [0.25, 0.3) is 0 Å². The maximum atomic E-state index is 12.3. The molecule has 0 radical (unpaired) electrons. The molecule has 7 heteroatoms. The number of hydrogen-bond acceptors (Lipinski definition) is 4. The first-order valence-electron chi connectivity index (χ1n) is 6.92. The SMILES string of the molecule is Cc1nc(=O)[nH]c(C)c1CC(=O)N1CCC(CC(=O)O)C1. The third-order valence-corrected chi connectivity index (χ3v) is 3.88. The number of rotatable bonds is 4. The van der Waals surface area contributed by atoms with Crippen molar-refractivity contribution in [1.82, 2.24) is 14.9 Å². The average molecular weight is 293 g/mol. The van der Waals surface area contributed by atoms with E-state index in [1.165, 1.54) is 0 Å². The summed E-state index contributed by atoms with van der Waals surface area (Å²) in [5.41, 5.74) is 1.54. The number of carbonyl (C=O) groups excluding carboxylic acids is 1. The van der Waals surface area contributed by atoms with Crippen molar-refractivity contribution in [2.45, 2.75) is 33.1 Å². The molecule has 1 amide bonds. The van der Waals surface area contributed by atoms with Crippen LogP contribution in [-0.2, 0) is 16.0 Å². The number of carbonyl (C=O) groups is 2. The number of aromatic nitrogens is 2. The Morgan fingerprint density at radius 1 is 1.43 bits per heavy atom. The molecule has 1 fully saturated rings. The molecule has 1 atom stereocenters. The Labute approximate surface area is 122 Å². The summed E-state index contributed by atoms with van der Waals surface area (Å²) in [6, 6.07) is 0. The van der Waals surface area contributed by atoms with Crippen molar-refractivity contribution in [3.63, 3.8) is 0 Å². The lowest BCUT2D eigenvalue weighted by Gasteiger charge is -2.17. The summed E-state index contributed by atoms with van der Waals surface area (Å²) in [5.74, 6) is -0.851. The molecular formula is C14H19N3O4. The van der Waals surface area contributed by atoms with E-state index in [1.807, 2.05) is 0 Å². The number of aromatic amines is 1. The van der Waals surface area contributed by atoms with Gasteiger partial charge in [-0.05, 0) is 26.2 Å². The lowest BCUT2D eigenvalue weighted by molar-refractivity contribution is -0.138. The summed E-state index contributed by atoms with van der Waals surface area (Å²) < 4.78 is 0. The summed E-state index contributed by atoms with van der Waals surface area (Å²) >= 11 is 0. The highest BCUT2D eigenvalue weighted by molar-refractivity contribution is 5.79. The summed E-state index contributed by atoms with van der Waals surface area (Å²) in [7, 11) is 0. The highest BCUT2D eigenvalue weighted by Gasteiger charge is 2.28. The molecule has 1 aromatic rings. The van der Waals surface area contributed by atoms with E-state index in [0.29, 0.717) is 24.5 Å². The van der Waals surface area contributed by atoms with E-state index in [4.69, 9.17) is 5.11 Å². The van der Waals surface area contributed by atoms with Crippen molar-refractivity contribution in [2.75, 3.05) is 13.1 Å². The largest absolute Gasteiger partial charge is 0.481 e. The van der Waals surface area contributed by atoms with E-state index in [-0.39, 0.29) is 24.7 Å². The average Bonchev–Trinajstić information content (AvgIpc) is 2.81. The Morgan fingerprint density at radius 2 is 2.14 bits per heavy atom. The normalized spacial score (nSPS) is 18.0. The molecule has 0 saturated carbocycles. The van der Waals surface area contributed by atoms with Crippen molar-refractivity contribution in [2.24, 2.45) is 5.92 Å². The quantitative estimate of drug-likeness (QED) is 0.828. The fraction of sp³-hybridized carbons (Fsp3) is 0.571. The molecule has 114 valence electrons. The van der Waals surface area contributed by atoms with Gasteiger partial charge >= 0.3 is 11.7 Å². The molecule has 21 heavy (non-hydrogen) atoms. The number of likely N-dealkylation sites (tertiary alicyclic amines) is 1. The number of aryl methyl sites for hydroxylation is 2. The lowest BCUT2D eigenvalue weighted by atomic mass is 10.1. The minimum atomic E-state index is -0.828. The van der Waals surface area contributed by atoms with Crippen LogP contribution in [0.15, 0.2) is 4.79 Å². The van der Waals surface area contributed by atoms with Gasteiger partial charge in [-0.1, -0.05) is 0 Å². The molecule has 1 aromatic heterocycles. The Balaban J connectivity index is 2.03. The number of carboxylic acid groups (broad SMARTS) is 1. The van der Waals surface area contributed by atoms with Crippen LogP contribution in [0.4, 0.5) is 0 Å². The van der Waals surface area contributed by atoms with Gasteiger partial charge in [0, 0.05) is 36.5 Å². The van der Waals surface area contributed by atoms with Crippen LogP contribution in [0.1, 0.15) is 29.8 Å². The van der Waals surface area contributed by atoms with E-state index in [0.717, 1.165) is 12.0 Å². The van der Waals surface area contributed by atoms with Gasteiger partial charge in [0.1, 0.15) is 0 Å². The molecule has 1 aliphatic heterocycles. The lowest BCUT2D eigenvalue weighted by Crippen LogP contribution is -2.31. The molecule has 2 heterocycles. The predicted molar refractivity (Wildman–Crippen MR) is 75.0 cm³/mol. The van der Waals surface area contributed by atoms with E-state index in [1.54, 1.807) is 18.7 Å².